The summed E-state index contributed by atoms with van der Waals surface area (Å²) in [5.74, 6) is 0.899. The highest BCUT2D eigenvalue weighted by atomic mass is 35.5. The quantitative estimate of drug-likeness (QED) is 0.645. The average molecular weight is 331 g/mol. The first-order chi connectivity index (χ1) is 10.1. The molecule has 0 heterocycles. The molecule has 0 aliphatic heterocycles. The van der Waals surface area contributed by atoms with Crippen LogP contribution in [0.4, 0.5) is 0 Å². The number of carbonyl (C=O) groups is 1. The molecule has 1 rings (SSSR count). The van der Waals surface area contributed by atoms with Crippen LogP contribution >= 0.6 is 12.4 Å². The van der Waals surface area contributed by atoms with Gasteiger partial charge in [0, 0.05) is 25.6 Å². The fraction of sp³-hybridized carbons (Fsp3) is 0.562. The average Bonchev–Trinajstić information content (AvgIpc) is 2.49. The highest BCUT2D eigenvalue weighted by Crippen LogP contribution is 2.11. The summed E-state index contributed by atoms with van der Waals surface area (Å²) in [6.45, 7) is 3.74. The molecule has 5 nitrogen and oxygen atoms in total. The molecule has 0 aromatic heterocycles. The van der Waals surface area contributed by atoms with Crippen LogP contribution in [0.1, 0.15) is 31.7 Å². The molecule has 0 fully saturated rings. The Hall–Kier alpha value is -1.30. The Morgan fingerprint density at radius 1 is 1.32 bits per heavy atom. The van der Waals surface area contributed by atoms with Crippen LogP contribution < -0.4 is 15.8 Å². The lowest BCUT2D eigenvalue weighted by Gasteiger charge is -2.08. The lowest BCUT2D eigenvalue weighted by atomic mass is 10.2. The van der Waals surface area contributed by atoms with Gasteiger partial charge in [0.15, 0.2) is 0 Å². The lowest BCUT2D eigenvalue weighted by Crippen LogP contribution is -2.27. The summed E-state index contributed by atoms with van der Waals surface area (Å²) in [5, 5.41) is 2.86. The summed E-state index contributed by atoms with van der Waals surface area (Å²) in [7, 11) is 1.65. The molecule has 0 spiro atoms. The molecule has 22 heavy (non-hydrogen) atoms. The van der Waals surface area contributed by atoms with Gasteiger partial charge in [0.2, 0.25) is 5.91 Å². The van der Waals surface area contributed by atoms with Crippen molar-refractivity contribution in [2.24, 2.45) is 5.73 Å². The van der Waals surface area contributed by atoms with Gasteiger partial charge >= 0.3 is 0 Å². The van der Waals surface area contributed by atoms with Gasteiger partial charge in [-0.2, -0.15) is 0 Å². The molecule has 0 aliphatic rings. The van der Waals surface area contributed by atoms with Crippen molar-refractivity contribution < 1.29 is 14.3 Å². The van der Waals surface area contributed by atoms with Crippen molar-refractivity contribution in [3.8, 4) is 5.75 Å². The maximum atomic E-state index is 11.4. The van der Waals surface area contributed by atoms with Crippen molar-refractivity contribution in [2.45, 2.75) is 38.8 Å². The number of hydrogen-bond donors (Lipinski definition) is 2. The number of hydrogen-bond acceptors (Lipinski definition) is 4. The Morgan fingerprint density at radius 3 is 2.59 bits per heavy atom. The number of benzene rings is 1. The fourth-order valence-corrected chi connectivity index (χ4v) is 1.76. The van der Waals surface area contributed by atoms with Gasteiger partial charge in [0.1, 0.15) is 5.75 Å². The third kappa shape index (κ3) is 9.60. The van der Waals surface area contributed by atoms with Crippen molar-refractivity contribution in [1.82, 2.24) is 5.32 Å². The van der Waals surface area contributed by atoms with Crippen molar-refractivity contribution in [3.63, 3.8) is 0 Å². The van der Waals surface area contributed by atoms with E-state index in [0.717, 1.165) is 24.2 Å². The second-order valence-corrected chi connectivity index (χ2v) is 5.12. The minimum absolute atomic E-state index is 0. The number of amides is 1. The van der Waals surface area contributed by atoms with E-state index in [1.165, 1.54) is 0 Å². The zero-order valence-corrected chi connectivity index (χ0v) is 14.2. The fourth-order valence-electron chi connectivity index (χ4n) is 1.76. The first-order valence-corrected chi connectivity index (χ1v) is 7.34. The molecule has 1 unspecified atom stereocenters. The molecule has 126 valence electrons. The molecule has 1 aromatic rings. The molecule has 3 N–H and O–H groups in total. The number of halogens is 1. The maximum Gasteiger partial charge on any atom is 0.220 e. The predicted octanol–water partition coefficient (Wildman–Crippen LogP) is 2.27. The predicted molar refractivity (Wildman–Crippen MR) is 90.4 cm³/mol. The summed E-state index contributed by atoms with van der Waals surface area (Å²) < 4.78 is 10.7. The van der Waals surface area contributed by atoms with E-state index >= 15 is 0 Å². The van der Waals surface area contributed by atoms with Crippen molar-refractivity contribution in [3.05, 3.63) is 29.8 Å². The summed E-state index contributed by atoms with van der Waals surface area (Å²) in [4.78, 5) is 11.4. The van der Waals surface area contributed by atoms with Crippen LogP contribution in [0.2, 0.25) is 0 Å². The summed E-state index contributed by atoms with van der Waals surface area (Å²) >= 11 is 0. The normalized spacial score (nSPS) is 11.4. The number of rotatable bonds is 10. The Bertz CT molecular complexity index is 410. The molecule has 0 bridgehead atoms. The third-order valence-corrected chi connectivity index (χ3v) is 3.04. The number of ether oxygens (including phenoxy) is 2. The van der Waals surface area contributed by atoms with Gasteiger partial charge in [-0.05, 0) is 37.5 Å². The van der Waals surface area contributed by atoms with E-state index in [-0.39, 0.29) is 24.4 Å². The van der Waals surface area contributed by atoms with E-state index in [1.807, 2.05) is 31.2 Å². The van der Waals surface area contributed by atoms with Crippen LogP contribution in [0.3, 0.4) is 0 Å². The van der Waals surface area contributed by atoms with E-state index < -0.39 is 0 Å². The zero-order valence-electron chi connectivity index (χ0n) is 13.3. The van der Waals surface area contributed by atoms with Crippen molar-refractivity contribution in [1.29, 1.82) is 0 Å². The molecule has 0 saturated carbocycles. The lowest BCUT2D eigenvalue weighted by molar-refractivity contribution is -0.121. The van der Waals surface area contributed by atoms with Gasteiger partial charge in [-0.3, -0.25) is 4.79 Å². The van der Waals surface area contributed by atoms with E-state index in [9.17, 15) is 4.79 Å². The van der Waals surface area contributed by atoms with Crippen LogP contribution in [0.15, 0.2) is 24.3 Å². The topological polar surface area (TPSA) is 73.6 Å². The first kappa shape index (κ1) is 20.7. The molecule has 1 atom stereocenters. The van der Waals surface area contributed by atoms with Crippen LogP contribution in [-0.2, 0) is 16.1 Å². The van der Waals surface area contributed by atoms with Crippen LogP contribution in [-0.4, -0.2) is 32.2 Å². The SMILES string of the molecule is COc1ccc(COCCCNC(=O)CCC(C)N)cc1.Cl. The Labute approximate surface area is 139 Å². The molecule has 0 saturated heterocycles. The molecule has 0 aliphatic carbocycles. The molecule has 1 aromatic carbocycles. The van der Waals surface area contributed by atoms with Gasteiger partial charge in [0.05, 0.1) is 13.7 Å². The molecule has 0 radical (unpaired) electrons. The molecule has 1 amide bonds. The smallest absolute Gasteiger partial charge is 0.220 e. The van der Waals surface area contributed by atoms with E-state index in [4.69, 9.17) is 15.2 Å². The summed E-state index contributed by atoms with van der Waals surface area (Å²) in [6.07, 6.45) is 2.02. The van der Waals surface area contributed by atoms with Gasteiger partial charge in [-0.1, -0.05) is 12.1 Å². The second-order valence-electron chi connectivity index (χ2n) is 5.12. The Kier molecular flexibility index (Phi) is 11.5. The largest absolute Gasteiger partial charge is 0.497 e. The number of methoxy groups -OCH3 is 1. The van der Waals surface area contributed by atoms with E-state index in [1.54, 1.807) is 7.11 Å². The molecular formula is C16H27ClN2O3. The minimum atomic E-state index is 0. The van der Waals surface area contributed by atoms with Crippen LogP contribution in [0.25, 0.3) is 0 Å². The summed E-state index contributed by atoms with van der Waals surface area (Å²) in [6, 6.07) is 7.86. The Balaban J connectivity index is 0.00000441. The Morgan fingerprint density at radius 2 is 2.00 bits per heavy atom. The van der Waals surface area contributed by atoms with Gasteiger partial charge in [0.25, 0.3) is 0 Å². The first-order valence-electron chi connectivity index (χ1n) is 7.34. The zero-order chi connectivity index (χ0) is 15.5. The number of nitrogens with one attached hydrogen (secondary N) is 1. The molecule has 6 heteroatoms. The van der Waals surface area contributed by atoms with Gasteiger partial charge < -0.3 is 20.5 Å². The monoisotopic (exact) mass is 330 g/mol. The highest BCUT2D eigenvalue weighted by Gasteiger charge is 2.02. The van der Waals surface area contributed by atoms with Gasteiger partial charge in [-0.25, -0.2) is 0 Å². The second kappa shape index (κ2) is 12.3. The van der Waals surface area contributed by atoms with E-state index in [2.05, 4.69) is 5.32 Å². The maximum absolute atomic E-state index is 11.4. The van der Waals surface area contributed by atoms with Crippen LogP contribution in [0.5, 0.6) is 5.75 Å². The minimum Gasteiger partial charge on any atom is -0.497 e. The number of nitrogens with two attached hydrogens (primary N) is 1. The summed E-state index contributed by atoms with van der Waals surface area (Å²) in [5.41, 5.74) is 6.71. The van der Waals surface area contributed by atoms with Crippen molar-refractivity contribution >= 4 is 18.3 Å². The number of carbonyl (C=O) groups excluding carboxylic acids is 1. The standard InChI is InChI=1S/C16H26N2O3.ClH/c1-13(17)4-9-16(19)18-10-3-11-21-12-14-5-7-15(20-2)8-6-14;/h5-8,13H,3-4,9-12,17H2,1-2H3,(H,18,19);1H. The van der Waals surface area contributed by atoms with Crippen LogP contribution in [0, 0.1) is 0 Å². The third-order valence-electron chi connectivity index (χ3n) is 3.04. The highest BCUT2D eigenvalue weighted by molar-refractivity contribution is 5.85. The van der Waals surface area contributed by atoms with Gasteiger partial charge in [-0.15, -0.1) is 12.4 Å². The molecular weight excluding hydrogens is 304 g/mol. The van der Waals surface area contributed by atoms with Crippen molar-refractivity contribution in [2.75, 3.05) is 20.3 Å². The van der Waals surface area contributed by atoms with E-state index in [0.29, 0.717) is 26.2 Å².